The van der Waals surface area contributed by atoms with Gasteiger partial charge in [0.05, 0.1) is 17.6 Å². The van der Waals surface area contributed by atoms with E-state index in [-0.39, 0.29) is 0 Å². The average molecular weight is 285 g/mol. The fraction of sp³-hybridized carbons (Fsp3) is 0.0625. The zero-order valence-corrected chi connectivity index (χ0v) is 11.5. The van der Waals surface area contributed by atoms with Crippen LogP contribution in [0.1, 0.15) is 0 Å². The molecule has 0 N–H and O–H groups in total. The van der Waals surface area contributed by atoms with Crippen LogP contribution in [0.4, 0.5) is 0 Å². The van der Waals surface area contributed by atoms with Crippen LogP contribution in [0, 0.1) is 0 Å². The first kappa shape index (κ1) is 12.8. The van der Waals surface area contributed by atoms with Gasteiger partial charge in [-0.2, -0.15) is 0 Å². The second-order valence-corrected chi connectivity index (χ2v) is 4.81. The van der Waals surface area contributed by atoms with Crippen LogP contribution in [0.25, 0.3) is 22.0 Å². The zero-order valence-electron chi connectivity index (χ0n) is 10.8. The van der Waals surface area contributed by atoms with Gasteiger partial charge in [0.1, 0.15) is 5.75 Å². The van der Waals surface area contributed by atoms with Crippen molar-refractivity contribution in [3.05, 3.63) is 53.7 Å². The van der Waals surface area contributed by atoms with E-state index in [0.29, 0.717) is 10.8 Å². The van der Waals surface area contributed by atoms with Crippen LogP contribution in [0.3, 0.4) is 0 Å². The van der Waals surface area contributed by atoms with Gasteiger partial charge in [0.15, 0.2) is 0 Å². The van der Waals surface area contributed by atoms with Crippen LogP contribution < -0.4 is 4.74 Å². The highest BCUT2D eigenvalue weighted by molar-refractivity contribution is 6.32. The number of halogens is 1. The summed E-state index contributed by atoms with van der Waals surface area (Å²) in [6.07, 6.45) is 3.56. The summed E-state index contributed by atoms with van der Waals surface area (Å²) >= 11 is 6.03. The Morgan fingerprint density at radius 1 is 1.10 bits per heavy atom. The molecule has 0 saturated carbocycles. The summed E-state index contributed by atoms with van der Waals surface area (Å²) in [7, 11) is 1.59. The molecule has 0 fully saturated rings. The molecule has 20 heavy (non-hydrogen) atoms. The Morgan fingerprint density at radius 2 is 1.85 bits per heavy atom. The molecule has 0 saturated heterocycles. The number of benzene rings is 2. The summed E-state index contributed by atoms with van der Waals surface area (Å²) in [6, 6.07) is 13.4. The van der Waals surface area contributed by atoms with Gasteiger partial charge in [0.2, 0.25) is 0 Å². The van der Waals surface area contributed by atoms with Crippen molar-refractivity contribution in [1.29, 1.82) is 0 Å². The van der Waals surface area contributed by atoms with Crippen molar-refractivity contribution in [2.24, 2.45) is 0 Å². The summed E-state index contributed by atoms with van der Waals surface area (Å²) in [6.45, 7) is 0. The van der Waals surface area contributed by atoms with Gasteiger partial charge in [0.25, 0.3) is 0 Å². The van der Waals surface area contributed by atoms with Gasteiger partial charge < -0.3 is 4.74 Å². The molecule has 0 aliphatic heterocycles. The van der Waals surface area contributed by atoms with Crippen LogP contribution in [-0.2, 0) is 4.79 Å². The van der Waals surface area contributed by atoms with Crippen LogP contribution >= 0.6 is 11.6 Å². The second-order valence-electron chi connectivity index (χ2n) is 4.40. The molecular weight excluding hydrogens is 274 g/mol. The van der Waals surface area contributed by atoms with Gasteiger partial charge in [-0.1, -0.05) is 23.7 Å². The molecule has 0 unspecified atom stereocenters. The largest absolute Gasteiger partial charge is 0.495 e. The first-order valence-electron chi connectivity index (χ1n) is 6.06. The number of hydrogen-bond donors (Lipinski definition) is 0. The molecule has 2 aromatic carbocycles. The molecule has 3 nitrogen and oxygen atoms in total. The lowest BCUT2D eigenvalue weighted by Crippen LogP contribution is -1.90. The van der Waals surface area contributed by atoms with Crippen LogP contribution in [0.2, 0.25) is 5.02 Å². The summed E-state index contributed by atoms with van der Waals surface area (Å²) < 4.78 is 6.66. The topological polar surface area (TPSA) is 31.2 Å². The van der Waals surface area contributed by atoms with Crippen molar-refractivity contribution in [2.75, 3.05) is 7.11 Å². The van der Waals surface area contributed by atoms with Crippen molar-refractivity contribution in [3.63, 3.8) is 0 Å². The van der Waals surface area contributed by atoms with Gasteiger partial charge in [-0.05, 0) is 41.5 Å². The van der Waals surface area contributed by atoms with E-state index in [9.17, 15) is 4.79 Å². The highest BCUT2D eigenvalue weighted by Gasteiger charge is 2.06. The van der Waals surface area contributed by atoms with Crippen LogP contribution in [0.15, 0.2) is 48.7 Å². The Morgan fingerprint density at radius 3 is 2.60 bits per heavy atom. The summed E-state index contributed by atoms with van der Waals surface area (Å²) in [5.41, 5.74) is 2.89. The minimum absolute atomic E-state index is 0.582. The molecule has 3 rings (SSSR count). The molecule has 1 radical (unpaired) electrons. The number of fused-ring (bicyclic) bond motifs is 1. The Bertz CT molecular complexity index is 792. The lowest BCUT2D eigenvalue weighted by atomic mass is 10.0. The molecule has 0 spiro atoms. The summed E-state index contributed by atoms with van der Waals surface area (Å²) in [5.74, 6) is 0.642. The lowest BCUT2D eigenvalue weighted by molar-refractivity contribution is 0.415. The van der Waals surface area contributed by atoms with Crippen molar-refractivity contribution in [1.82, 2.24) is 4.57 Å². The smallest absolute Gasteiger partial charge is 0.321 e. The monoisotopic (exact) mass is 284 g/mol. The third-order valence-electron chi connectivity index (χ3n) is 3.27. The predicted octanol–water partition coefficient (Wildman–Crippen LogP) is 3.89. The van der Waals surface area contributed by atoms with Gasteiger partial charge in [-0.25, -0.2) is 0 Å². The Balaban J connectivity index is 2.12. The molecule has 0 bridgehead atoms. The van der Waals surface area contributed by atoms with E-state index in [4.69, 9.17) is 16.3 Å². The Labute approximate surface area is 121 Å². The van der Waals surface area contributed by atoms with E-state index in [1.807, 2.05) is 48.9 Å². The number of nitrogens with zero attached hydrogens (tertiary/aromatic N) is 1. The third kappa shape index (κ3) is 2.06. The number of ether oxygens (including phenoxy) is 1. The summed E-state index contributed by atoms with van der Waals surface area (Å²) in [4.78, 5) is 10.8. The van der Waals surface area contributed by atoms with E-state index in [1.54, 1.807) is 13.3 Å². The van der Waals surface area contributed by atoms with Crippen molar-refractivity contribution in [3.8, 4) is 16.9 Å². The van der Waals surface area contributed by atoms with Crippen molar-refractivity contribution < 1.29 is 9.53 Å². The van der Waals surface area contributed by atoms with Gasteiger partial charge in [-0.3, -0.25) is 9.36 Å². The van der Waals surface area contributed by atoms with Gasteiger partial charge in [-0.15, -0.1) is 0 Å². The normalized spacial score (nSPS) is 10.7. The standard InChI is InChI=1S/C16H11ClNO2/c1-20-16-9-12(2-4-14(16)17)11-3-5-15-13(8-11)6-7-18(15)10-19/h2-9H,1H3. The van der Waals surface area contributed by atoms with Crippen molar-refractivity contribution in [2.45, 2.75) is 0 Å². The minimum atomic E-state index is 0.582. The molecule has 99 valence electrons. The molecule has 0 aliphatic rings. The number of carbonyl (C=O) groups excluding carboxylic acids is 1. The molecule has 0 aliphatic carbocycles. The average Bonchev–Trinajstić information content (AvgIpc) is 2.90. The highest BCUT2D eigenvalue weighted by Crippen LogP contribution is 2.31. The maximum atomic E-state index is 10.8. The fourth-order valence-electron chi connectivity index (χ4n) is 2.24. The Kier molecular flexibility index (Phi) is 3.20. The minimum Gasteiger partial charge on any atom is -0.495 e. The maximum Gasteiger partial charge on any atom is 0.321 e. The van der Waals surface area contributed by atoms with E-state index in [2.05, 4.69) is 0 Å². The van der Waals surface area contributed by atoms with E-state index in [0.717, 1.165) is 22.0 Å². The molecule has 1 heterocycles. The highest BCUT2D eigenvalue weighted by atomic mass is 35.5. The number of methoxy groups -OCH3 is 1. The van der Waals surface area contributed by atoms with Gasteiger partial charge in [0, 0.05) is 11.6 Å². The molecule has 4 heteroatoms. The number of aromatic nitrogens is 1. The molecular formula is C16H11ClNO2. The number of rotatable bonds is 3. The molecule has 3 aromatic rings. The maximum absolute atomic E-state index is 10.8. The fourth-order valence-corrected chi connectivity index (χ4v) is 2.44. The van der Waals surface area contributed by atoms with Crippen LogP contribution in [-0.4, -0.2) is 18.1 Å². The van der Waals surface area contributed by atoms with E-state index in [1.165, 1.54) is 4.57 Å². The third-order valence-corrected chi connectivity index (χ3v) is 3.59. The second kappa shape index (κ2) is 5.02. The quantitative estimate of drug-likeness (QED) is 0.731. The van der Waals surface area contributed by atoms with E-state index >= 15 is 0 Å². The molecule has 0 atom stereocenters. The summed E-state index contributed by atoms with van der Waals surface area (Å²) in [5, 5.41) is 1.57. The Hall–Kier alpha value is -2.26. The van der Waals surface area contributed by atoms with Crippen LogP contribution in [0.5, 0.6) is 5.75 Å². The zero-order chi connectivity index (χ0) is 14.1. The predicted molar refractivity (Wildman–Crippen MR) is 80.0 cm³/mol. The van der Waals surface area contributed by atoms with Crippen molar-refractivity contribution >= 4 is 28.9 Å². The SMILES string of the molecule is COc1cc(-c2ccc3c(ccn3[C]=O)c2)ccc1Cl. The van der Waals surface area contributed by atoms with E-state index < -0.39 is 0 Å². The first-order chi connectivity index (χ1) is 9.72. The molecule has 1 aromatic heterocycles. The molecule has 0 amide bonds. The van der Waals surface area contributed by atoms with Gasteiger partial charge >= 0.3 is 6.41 Å². The lowest BCUT2D eigenvalue weighted by Gasteiger charge is -2.07. The number of hydrogen-bond acceptors (Lipinski definition) is 2. The first-order valence-corrected chi connectivity index (χ1v) is 6.44.